The molecule has 0 atom stereocenters. The van der Waals surface area contributed by atoms with E-state index in [1.807, 2.05) is 133 Å². The molecule has 0 aliphatic heterocycles. The van der Waals surface area contributed by atoms with Crippen LogP contribution in [0.5, 0.6) is 23.0 Å². The Hall–Kier alpha value is -6.86. The van der Waals surface area contributed by atoms with E-state index >= 15 is 0 Å². The van der Waals surface area contributed by atoms with Gasteiger partial charge in [0.25, 0.3) is 0 Å². The van der Waals surface area contributed by atoms with Crippen molar-refractivity contribution in [2.24, 2.45) is 20.0 Å². The fourth-order valence-electron chi connectivity index (χ4n) is 10.8. The van der Waals surface area contributed by atoms with Gasteiger partial charge < -0.3 is 20.4 Å². The molecule has 12 aromatic carbocycles. The molecule has 8 nitrogen and oxygen atoms in total. The predicted molar refractivity (Wildman–Crippen MR) is 453 cm³/mol. The Morgan fingerprint density at radius 2 is 0.534 bits per heavy atom. The van der Waals surface area contributed by atoms with Crippen LogP contribution in [0.3, 0.4) is 0 Å². The van der Waals surface area contributed by atoms with Crippen molar-refractivity contribution in [3.8, 4) is 67.5 Å². The summed E-state index contributed by atoms with van der Waals surface area (Å²) in [7, 11) is 39.1. The maximum absolute atomic E-state index is 13.5. The molecule has 0 spiro atoms. The number of aromatic hydroxyl groups is 4. The van der Waals surface area contributed by atoms with E-state index in [2.05, 4.69) is 86.6 Å². The summed E-state index contributed by atoms with van der Waals surface area (Å²) in [5.41, 5.74) is 12.5. The van der Waals surface area contributed by atoms with Crippen LogP contribution in [0.4, 0.5) is 57.9 Å². The quantitative estimate of drug-likeness (QED) is 0.0551. The fourth-order valence-corrected chi connectivity index (χ4v) is 10.8. The Labute approximate surface area is 738 Å². The number of phenols is 4. The molecule has 4 N–H and O–H groups in total. The van der Waals surface area contributed by atoms with Crippen molar-refractivity contribution in [2.45, 2.75) is 78.6 Å². The summed E-state index contributed by atoms with van der Waals surface area (Å²) in [5, 5.41) is 42.1. The molecule has 12 rings (SSSR count). The second-order valence-electron chi connectivity index (χ2n) is 26.8. The third-order valence-corrected chi connectivity index (χ3v) is 16.4. The zero-order valence-electron chi connectivity index (χ0n) is 63.3. The molecule has 600 valence electrons. The third kappa shape index (κ3) is 33.7. The number of hydrogen-bond acceptors (Lipinski definition) is 8. The van der Waals surface area contributed by atoms with E-state index < -0.39 is 103 Å². The maximum atomic E-state index is 13.5. The first kappa shape index (κ1) is 99.7. The number of benzene rings is 12. The van der Waals surface area contributed by atoms with Crippen molar-refractivity contribution in [3.05, 3.63) is 334 Å². The molecule has 0 heterocycles. The first-order valence-corrected chi connectivity index (χ1v) is 51.7. The fraction of sp³-hybridized carbons (Fsp3) is 0.136. The molecule has 0 radical (unpaired) electrons. The van der Waals surface area contributed by atoms with Gasteiger partial charge in [0.1, 0.15) is 34.6 Å². The molecule has 0 amide bonds. The summed E-state index contributed by atoms with van der Waals surface area (Å²) in [4.78, 5) is 17.3. The van der Waals surface area contributed by atoms with Crippen molar-refractivity contribution < 1.29 is 124 Å². The number of rotatable bonds is 12. The minimum atomic E-state index is -4.42. The third-order valence-electron chi connectivity index (χ3n) is 16.4. The zero-order valence-corrected chi connectivity index (χ0v) is 75.6. The van der Waals surface area contributed by atoms with Gasteiger partial charge in [0.05, 0.1) is 33.9 Å². The van der Waals surface area contributed by atoms with E-state index in [0.29, 0.717) is 50.2 Å². The Morgan fingerprint density at radius 3 is 0.819 bits per heavy atom. The van der Waals surface area contributed by atoms with Gasteiger partial charge in [0.15, 0.2) is 0 Å². The van der Waals surface area contributed by atoms with Crippen LogP contribution in [-0.4, -0.2) is 45.3 Å². The van der Waals surface area contributed by atoms with Gasteiger partial charge in [-0.05, 0) is 172 Å². The van der Waals surface area contributed by atoms with Gasteiger partial charge in [-0.25, -0.2) is 8.78 Å². The number of alkyl halides is 6. The van der Waals surface area contributed by atoms with E-state index in [1.54, 1.807) is 80.0 Å². The number of phenolic OH excluding ortho intramolecular Hbond substituents is 4. The van der Waals surface area contributed by atoms with E-state index in [0.717, 1.165) is 64.0 Å². The number of aryl methyl sites for hydroxylation is 2. The van der Waals surface area contributed by atoms with Gasteiger partial charge in [-0.2, -0.15) is 26.3 Å². The Balaban J connectivity index is 0.000000263. The van der Waals surface area contributed by atoms with Crippen molar-refractivity contribution in [2.75, 3.05) is 0 Å². The number of hydrogen-bond donors (Lipinski definition) is 4. The van der Waals surface area contributed by atoms with Crippen LogP contribution in [0.25, 0.3) is 44.5 Å². The first-order valence-electron chi connectivity index (χ1n) is 34.5. The van der Waals surface area contributed by atoms with Crippen molar-refractivity contribution in [3.63, 3.8) is 0 Å². The van der Waals surface area contributed by atoms with Crippen LogP contribution in [0.1, 0.15) is 97.2 Å². The van der Waals surface area contributed by atoms with Gasteiger partial charge in [-0.3, -0.25) is 20.0 Å². The SMILES string of the molecule is CC(C)(C)c1ccc(N=Cc2cccc(-c3cc(F)cc(F)c3)c2O)cc1.Cc1cc(N=Cc2cccc(-c3ccccc3)c2O)cc(C(C)(C)C)c1.Cc1cc(N=Cc2cccc(-c3ccccc3)c2O)cc(C(F)(F)F)c1.Oc1c(C=Nc2ccc(C(F)(F)F)cc2)cccc1-c1ccccc1.[Cl][Ti][Cl].[Cl][Ti][Cl].[Cl][Ti][Cl].[Cl][Ti][Cl]. The predicted octanol–water partition coefficient (Wildman–Crippen LogP) is 30.3. The van der Waals surface area contributed by atoms with E-state index in [1.165, 1.54) is 53.4 Å². The Bertz CT molecular complexity index is 4980. The summed E-state index contributed by atoms with van der Waals surface area (Å²) < 4.78 is 103. The summed E-state index contributed by atoms with van der Waals surface area (Å²) in [6.45, 7) is 16.7. The van der Waals surface area contributed by atoms with Crippen molar-refractivity contribution >= 4 is 122 Å². The summed E-state index contributed by atoms with van der Waals surface area (Å²) in [5.74, 6) is -1.09. The van der Waals surface area contributed by atoms with Gasteiger partial charge in [0, 0.05) is 75.4 Å². The molecule has 0 saturated heterocycles. The average molecular weight is 1880 g/mol. The molecule has 12 aromatic rings. The number of aliphatic imine (C=N–C) groups is 4. The normalized spacial score (nSPS) is 11.1. The molecule has 0 bridgehead atoms. The molecule has 116 heavy (non-hydrogen) atoms. The molecule has 0 saturated carbocycles. The van der Waals surface area contributed by atoms with Crippen LogP contribution >= 0.6 is 74.4 Å². The molecule has 0 unspecified atom stereocenters. The van der Waals surface area contributed by atoms with Crippen LogP contribution < -0.4 is 0 Å². The number of nitrogens with zero attached hydrogens (tertiary/aromatic N) is 4. The second kappa shape index (κ2) is 50.3. The van der Waals surface area contributed by atoms with E-state index in [9.17, 15) is 55.5 Å². The van der Waals surface area contributed by atoms with Gasteiger partial charge >= 0.3 is 155 Å². The summed E-state index contributed by atoms with van der Waals surface area (Å²) >= 11 is -2.22. The Morgan fingerprint density at radius 1 is 0.276 bits per heavy atom. The van der Waals surface area contributed by atoms with E-state index in [-0.39, 0.29) is 45.1 Å². The van der Waals surface area contributed by atoms with Gasteiger partial charge in [0.2, 0.25) is 0 Å². The van der Waals surface area contributed by atoms with Gasteiger partial charge in [-0.1, -0.05) is 199 Å². The van der Waals surface area contributed by atoms with Gasteiger partial charge in [-0.15, -0.1) is 0 Å². The van der Waals surface area contributed by atoms with Crippen LogP contribution in [0, 0.1) is 25.5 Å². The number of halogens is 16. The van der Waals surface area contributed by atoms with Crippen molar-refractivity contribution in [1.82, 2.24) is 0 Å². The first-order chi connectivity index (χ1) is 55.0. The summed E-state index contributed by atoms with van der Waals surface area (Å²) in [6.07, 6.45) is -2.71. The number of para-hydroxylation sites is 4. The topological polar surface area (TPSA) is 130 Å². The van der Waals surface area contributed by atoms with E-state index in [4.69, 9.17) is 74.4 Å². The monoisotopic (exact) mass is 1880 g/mol. The molecule has 0 aliphatic rings. The second-order valence-corrected chi connectivity index (χ2v) is 37.1. The van der Waals surface area contributed by atoms with Crippen LogP contribution in [0.2, 0.25) is 0 Å². The zero-order chi connectivity index (χ0) is 85.8. The van der Waals surface area contributed by atoms with Crippen LogP contribution in [-0.2, 0) is 91.3 Å². The standard InChI is InChI=1S/C24H25NO.C23H21F2NO.C21H16F3NO.C20H14F3NO.8ClH.4Ti/c1-17-13-20(24(2,3)4)15-21(14-17)25-16-19-11-8-12-22(23(19)26)18-9-6-5-7-10-18;1-23(2,3)17-7-9-20(10-8-17)26-14-15-5-4-6-21(22(15)27)16-11-18(24)13-19(25)12-16;1-14-10-17(21(22,23)24)12-18(11-14)25-13-16-8-5-9-19(20(16)26)15-6-3-2-4-7-15;21-20(22,23)16-9-11-17(12-10-16)24-13-15-7-4-8-18(19(15)25)14-5-2-1-3-6-14;;;;;;;;;;;;/h5-16,26H,1-4H3;4-14,27H,1-3H3;2-13,26H,1H3;1-13,25H;8*1H;;;;/q;;;;;;;;;;;;4*+2/p-8. The average Bonchev–Trinajstić information content (AvgIpc) is 0.864. The molecule has 0 aromatic heterocycles. The Kier molecular flexibility index (Phi) is 43.2. The molecular weight excluding hydrogens is 1800 g/mol. The molecule has 0 fully saturated rings. The molecular formula is C88H76Cl8F8N4O4Ti4. The minimum absolute atomic E-state index is 0.0335. The van der Waals surface area contributed by atoms with Crippen LogP contribution in [0.15, 0.2) is 287 Å². The molecule has 0 aliphatic carbocycles. The molecule has 28 heteroatoms. The summed E-state index contributed by atoms with van der Waals surface area (Å²) in [6, 6.07) is 75.4. The van der Waals surface area contributed by atoms with Crippen molar-refractivity contribution in [1.29, 1.82) is 0 Å².